The Balaban J connectivity index is 2.20. The molecule has 2 aromatic carbocycles. The summed E-state index contributed by atoms with van der Waals surface area (Å²) in [5, 5.41) is 0. The van der Waals surface area contributed by atoms with Crippen molar-refractivity contribution < 1.29 is 12.8 Å². The summed E-state index contributed by atoms with van der Waals surface area (Å²) in [5.74, 6) is -1.11. The molecule has 5 heteroatoms. The number of hydrogen-bond acceptors (Lipinski definition) is 3. The molecule has 0 spiro atoms. The Morgan fingerprint density at radius 2 is 1.63 bits per heavy atom. The molecule has 2 N–H and O–H groups in total. The van der Waals surface area contributed by atoms with Gasteiger partial charge in [0, 0.05) is 5.56 Å². The Bertz CT molecular complexity index is 669. The Hall–Kier alpha value is -1.88. The minimum atomic E-state index is -3.42. The van der Waals surface area contributed by atoms with Gasteiger partial charge in [0.25, 0.3) is 0 Å². The highest BCUT2D eigenvalue weighted by atomic mass is 32.2. The number of nitrogens with two attached hydrogens (primary N) is 1. The predicted octanol–water partition coefficient (Wildman–Crippen LogP) is 2.52. The number of anilines is 1. The van der Waals surface area contributed by atoms with Gasteiger partial charge in [-0.2, -0.15) is 0 Å². The first kappa shape index (κ1) is 13.5. The van der Waals surface area contributed by atoms with Crippen LogP contribution in [0.5, 0.6) is 0 Å². The van der Waals surface area contributed by atoms with Crippen molar-refractivity contribution in [3.8, 4) is 0 Å². The highest BCUT2D eigenvalue weighted by Crippen LogP contribution is 2.19. The molecule has 0 aromatic heterocycles. The van der Waals surface area contributed by atoms with Gasteiger partial charge in [-0.15, -0.1) is 0 Å². The standard InChI is InChI=1S/C14H14FNO2S/c15-14-12(7-4-8-13(14)16)10-19(17,18)9-11-5-2-1-3-6-11/h1-8H,9-10,16H2. The molecule has 19 heavy (non-hydrogen) atoms. The Morgan fingerprint density at radius 3 is 2.32 bits per heavy atom. The van der Waals surface area contributed by atoms with E-state index in [0.29, 0.717) is 5.56 Å². The van der Waals surface area contributed by atoms with Gasteiger partial charge < -0.3 is 5.73 Å². The summed E-state index contributed by atoms with van der Waals surface area (Å²) < 4.78 is 37.7. The van der Waals surface area contributed by atoms with Gasteiger partial charge in [0.1, 0.15) is 5.82 Å². The van der Waals surface area contributed by atoms with E-state index in [4.69, 9.17) is 5.73 Å². The van der Waals surface area contributed by atoms with Gasteiger partial charge in [0.05, 0.1) is 17.2 Å². The fourth-order valence-electron chi connectivity index (χ4n) is 1.83. The van der Waals surface area contributed by atoms with Crippen LogP contribution in [0.1, 0.15) is 11.1 Å². The lowest BCUT2D eigenvalue weighted by atomic mass is 10.2. The largest absolute Gasteiger partial charge is 0.396 e. The van der Waals surface area contributed by atoms with Gasteiger partial charge in [-0.3, -0.25) is 0 Å². The number of halogens is 1. The molecule has 2 rings (SSSR count). The zero-order valence-electron chi connectivity index (χ0n) is 10.2. The molecule has 0 heterocycles. The first-order valence-corrected chi connectivity index (χ1v) is 7.57. The van der Waals surface area contributed by atoms with Gasteiger partial charge >= 0.3 is 0 Å². The number of sulfone groups is 1. The van der Waals surface area contributed by atoms with Gasteiger partial charge in [0.15, 0.2) is 9.84 Å². The summed E-state index contributed by atoms with van der Waals surface area (Å²) in [4.78, 5) is 0. The Labute approximate surface area is 111 Å². The third-order valence-corrected chi connectivity index (χ3v) is 4.24. The monoisotopic (exact) mass is 279 g/mol. The minimum absolute atomic E-state index is 0.0348. The van der Waals surface area contributed by atoms with Gasteiger partial charge in [-0.1, -0.05) is 42.5 Å². The second kappa shape index (κ2) is 5.40. The molecule has 3 nitrogen and oxygen atoms in total. The molecule has 2 aromatic rings. The fraction of sp³-hybridized carbons (Fsp3) is 0.143. The molecule has 0 amide bonds. The van der Waals surface area contributed by atoms with Crippen molar-refractivity contribution in [3.63, 3.8) is 0 Å². The number of hydrogen-bond donors (Lipinski definition) is 1. The highest BCUT2D eigenvalue weighted by molar-refractivity contribution is 7.89. The van der Waals surface area contributed by atoms with Gasteiger partial charge in [-0.05, 0) is 11.6 Å². The number of benzene rings is 2. The van der Waals surface area contributed by atoms with E-state index in [1.54, 1.807) is 30.3 Å². The van der Waals surface area contributed by atoms with Crippen molar-refractivity contribution in [3.05, 3.63) is 65.5 Å². The van der Waals surface area contributed by atoms with E-state index in [9.17, 15) is 12.8 Å². The van der Waals surface area contributed by atoms with Crippen molar-refractivity contribution in [2.24, 2.45) is 0 Å². The maximum Gasteiger partial charge on any atom is 0.158 e. The third-order valence-electron chi connectivity index (χ3n) is 2.71. The molecule has 0 saturated carbocycles. The van der Waals surface area contributed by atoms with Crippen LogP contribution in [0, 0.1) is 5.82 Å². The zero-order chi connectivity index (χ0) is 13.9. The van der Waals surface area contributed by atoms with Crippen LogP contribution in [0.25, 0.3) is 0 Å². The second-order valence-electron chi connectivity index (χ2n) is 4.34. The molecule has 100 valence electrons. The lowest BCUT2D eigenvalue weighted by molar-refractivity contribution is 0.587. The normalized spacial score (nSPS) is 11.4. The summed E-state index contributed by atoms with van der Waals surface area (Å²) in [7, 11) is -3.42. The summed E-state index contributed by atoms with van der Waals surface area (Å²) in [6.45, 7) is 0. The maximum absolute atomic E-state index is 13.7. The summed E-state index contributed by atoms with van der Waals surface area (Å²) in [5.41, 5.74) is 6.18. The number of rotatable bonds is 4. The average Bonchev–Trinajstić information content (AvgIpc) is 2.35. The summed E-state index contributed by atoms with van der Waals surface area (Å²) in [6, 6.07) is 13.2. The highest BCUT2D eigenvalue weighted by Gasteiger charge is 2.16. The smallest absolute Gasteiger partial charge is 0.158 e. The molecular formula is C14H14FNO2S. The van der Waals surface area contributed by atoms with Crippen molar-refractivity contribution in [2.75, 3.05) is 5.73 Å². The summed E-state index contributed by atoms with van der Waals surface area (Å²) in [6.07, 6.45) is 0. The first-order chi connectivity index (χ1) is 8.98. The van der Waals surface area contributed by atoms with Gasteiger partial charge in [-0.25, -0.2) is 12.8 Å². The molecule has 0 atom stereocenters. The Morgan fingerprint density at radius 1 is 0.947 bits per heavy atom. The molecule has 0 aliphatic heterocycles. The number of nitrogen functional groups attached to an aromatic ring is 1. The van der Waals surface area contributed by atoms with E-state index < -0.39 is 15.7 Å². The molecule has 0 fully saturated rings. The molecule has 0 aliphatic carbocycles. The zero-order valence-corrected chi connectivity index (χ0v) is 11.0. The van der Waals surface area contributed by atoms with Crippen molar-refractivity contribution in [2.45, 2.75) is 11.5 Å². The lowest BCUT2D eigenvalue weighted by Crippen LogP contribution is -2.09. The first-order valence-electron chi connectivity index (χ1n) is 5.75. The maximum atomic E-state index is 13.7. The van der Waals surface area contributed by atoms with Crippen LogP contribution >= 0.6 is 0 Å². The molecule has 0 bridgehead atoms. The van der Waals surface area contributed by atoms with Crippen LogP contribution in [0.2, 0.25) is 0 Å². The van der Waals surface area contributed by atoms with E-state index in [1.165, 1.54) is 12.1 Å². The van der Waals surface area contributed by atoms with E-state index >= 15 is 0 Å². The van der Waals surface area contributed by atoms with E-state index in [2.05, 4.69) is 0 Å². The summed E-state index contributed by atoms with van der Waals surface area (Å²) >= 11 is 0. The lowest BCUT2D eigenvalue weighted by Gasteiger charge is -2.07. The van der Waals surface area contributed by atoms with E-state index in [1.807, 2.05) is 6.07 Å². The third kappa shape index (κ3) is 3.54. The quantitative estimate of drug-likeness (QED) is 0.875. The van der Waals surface area contributed by atoms with E-state index in [-0.39, 0.29) is 22.8 Å². The molecular weight excluding hydrogens is 265 g/mol. The Kier molecular flexibility index (Phi) is 3.85. The van der Waals surface area contributed by atoms with Crippen LogP contribution in [0.4, 0.5) is 10.1 Å². The van der Waals surface area contributed by atoms with Crippen LogP contribution in [0.15, 0.2) is 48.5 Å². The minimum Gasteiger partial charge on any atom is -0.396 e. The van der Waals surface area contributed by atoms with Crippen molar-refractivity contribution in [1.82, 2.24) is 0 Å². The van der Waals surface area contributed by atoms with E-state index in [0.717, 1.165) is 0 Å². The predicted molar refractivity (Wildman–Crippen MR) is 73.6 cm³/mol. The SMILES string of the molecule is Nc1cccc(CS(=O)(=O)Cc2ccccc2)c1F. The molecule has 0 unspecified atom stereocenters. The van der Waals surface area contributed by atoms with Crippen LogP contribution < -0.4 is 5.73 Å². The van der Waals surface area contributed by atoms with Gasteiger partial charge in [0.2, 0.25) is 0 Å². The topological polar surface area (TPSA) is 60.2 Å². The molecule has 0 aliphatic rings. The molecule has 0 radical (unpaired) electrons. The molecule has 0 saturated heterocycles. The van der Waals surface area contributed by atoms with Crippen molar-refractivity contribution >= 4 is 15.5 Å². The van der Waals surface area contributed by atoms with Crippen LogP contribution in [-0.2, 0) is 21.3 Å². The second-order valence-corrected chi connectivity index (χ2v) is 6.40. The fourth-order valence-corrected chi connectivity index (χ4v) is 3.33. The van der Waals surface area contributed by atoms with Crippen LogP contribution in [-0.4, -0.2) is 8.42 Å². The average molecular weight is 279 g/mol. The van der Waals surface area contributed by atoms with Crippen molar-refractivity contribution in [1.29, 1.82) is 0 Å². The van der Waals surface area contributed by atoms with Crippen LogP contribution in [0.3, 0.4) is 0 Å².